The Balaban J connectivity index is 0.000000158. The van der Waals surface area contributed by atoms with Crippen molar-refractivity contribution in [3.63, 3.8) is 0 Å². The van der Waals surface area contributed by atoms with E-state index in [1.807, 2.05) is 112 Å². The third-order valence-corrected chi connectivity index (χ3v) is 24.0. The van der Waals surface area contributed by atoms with E-state index in [4.69, 9.17) is 11.6 Å². The molecular weight excluding hydrogens is 1820 g/mol. The molecule has 12 N–H and O–H groups in total. The SMILES string of the molecule is C=CC(=O)Nc1cccc(Nc2nc(Nc3ccc(N4CCN(C)CC4)cc3C(F)(F)F)ncc2C)c1.C=CC(=O)Nc1cccc(Nc2nc(Nc3ccc(N4CCN(CC)CC4)cc3)ncc2C)c1.C=CC(=O)Nc1cccc(Nc2nc(Nc3ccc(N4CCN(CC)CC4)cc3Cl)ncc2C)c1.C=CC(=O)Nc1cccc(Nc2nc(Nc3ccc(N4CCN(CC)CC4)cc3F)ncc2C)c1. The quantitative estimate of drug-likeness (QED) is 0.0142. The molecule has 141 heavy (non-hydrogen) atoms. The van der Waals surface area contributed by atoms with E-state index in [0.717, 1.165) is 168 Å². The van der Waals surface area contributed by atoms with Crippen LogP contribution in [0.25, 0.3) is 0 Å². The number of aryl methyl sites for hydroxylation is 4. The lowest BCUT2D eigenvalue weighted by Gasteiger charge is -2.35. The minimum atomic E-state index is -4.56. The van der Waals surface area contributed by atoms with Crippen LogP contribution in [-0.2, 0) is 25.4 Å². The molecule has 0 radical (unpaired) electrons. The predicted molar refractivity (Wildman–Crippen MR) is 563 cm³/mol. The first kappa shape index (κ1) is 103. The van der Waals surface area contributed by atoms with Crippen molar-refractivity contribution in [2.45, 2.75) is 54.6 Å². The van der Waals surface area contributed by atoms with Crippen LogP contribution in [0.4, 0.5) is 156 Å². The lowest BCUT2D eigenvalue weighted by atomic mass is 10.1. The van der Waals surface area contributed by atoms with Gasteiger partial charge < -0.3 is 103 Å². The molecule has 37 heteroatoms. The Morgan fingerprint density at radius 1 is 0.340 bits per heavy atom. The Kier molecular flexibility index (Phi) is 36.1. The molecule has 16 rings (SSSR count). The van der Waals surface area contributed by atoms with Gasteiger partial charge in [-0.3, -0.25) is 19.2 Å². The highest BCUT2D eigenvalue weighted by atomic mass is 35.5. The van der Waals surface area contributed by atoms with Gasteiger partial charge in [0.05, 0.1) is 27.6 Å². The van der Waals surface area contributed by atoms with Crippen LogP contribution in [0.3, 0.4) is 0 Å². The maximum Gasteiger partial charge on any atom is 0.418 e. The normalized spacial score (nSPS) is 14.0. The highest BCUT2D eigenvalue weighted by molar-refractivity contribution is 6.33. The molecule has 4 aliphatic heterocycles. The molecule has 0 unspecified atom stereocenters. The second-order valence-electron chi connectivity index (χ2n) is 33.7. The molecule has 734 valence electrons. The van der Waals surface area contributed by atoms with E-state index in [9.17, 15) is 36.7 Å². The van der Waals surface area contributed by atoms with Crippen LogP contribution in [-0.4, -0.2) is 214 Å². The number of alkyl halides is 3. The summed E-state index contributed by atoms with van der Waals surface area (Å²) in [5.74, 6) is 2.04. The number of rotatable bonds is 31. The van der Waals surface area contributed by atoms with Crippen molar-refractivity contribution in [1.29, 1.82) is 0 Å². The first-order chi connectivity index (χ1) is 68.0. The number of nitrogens with one attached hydrogen (secondary N) is 12. The monoisotopic (exact) mass is 1930 g/mol. The number of carbonyl (C=O) groups excluding carboxylic acids is 4. The van der Waals surface area contributed by atoms with E-state index in [0.29, 0.717) is 98.7 Å². The van der Waals surface area contributed by atoms with Gasteiger partial charge in [0.2, 0.25) is 47.4 Å². The van der Waals surface area contributed by atoms with Gasteiger partial charge in [-0.05, 0) is 230 Å². The summed E-state index contributed by atoms with van der Waals surface area (Å²) in [5.41, 5.74) is 13.6. The topological polar surface area (TPSA) is 342 Å². The number of benzene rings is 8. The molecule has 0 bridgehead atoms. The van der Waals surface area contributed by atoms with E-state index >= 15 is 0 Å². The van der Waals surface area contributed by atoms with Gasteiger partial charge in [0.25, 0.3) is 0 Å². The number of halogens is 5. The molecule has 4 aromatic heterocycles. The number of aromatic nitrogens is 8. The van der Waals surface area contributed by atoms with Crippen LogP contribution in [0.1, 0.15) is 48.6 Å². The molecule has 0 atom stereocenters. The van der Waals surface area contributed by atoms with E-state index in [-0.39, 0.29) is 47.0 Å². The first-order valence-electron chi connectivity index (χ1n) is 46.5. The van der Waals surface area contributed by atoms with Gasteiger partial charge in [-0.15, -0.1) is 0 Å². The number of piperazine rings is 4. The summed E-state index contributed by atoms with van der Waals surface area (Å²) < 4.78 is 56.9. The largest absolute Gasteiger partial charge is 0.418 e. The zero-order valence-corrected chi connectivity index (χ0v) is 81.1. The van der Waals surface area contributed by atoms with E-state index in [1.54, 1.807) is 80.1 Å². The Morgan fingerprint density at radius 3 is 0.950 bits per heavy atom. The molecule has 0 spiro atoms. The molecule has 4 saturated heterocycles. The smallest absolute Gasteiger partial charge is 0.369 e. The summed E-state index contributed by atoms with van der Waals surface area (Å²) in [7, 11) is 1.99. The molecule has 4 fully saturated rings. The molecule has 32 nitrogen and oxygen atoms in total. The molecular formula is C104H119ClF4N28O4. The highest BCUT2D eigenvalue weighted by Crippen LogP contribution is 2.40. The first-order valence-corrected chi connectivity index (χ1v) is 46.8. The lowest BCUT2D eigenvalue weighted by Crippen LogP contribution is -2.46. The molecule has 4 aliphatic rings. The van der Waals surface area contributed by atoms with Crippen LogP contribution in [0, 0.1) is 33.5 Å². The van der Waals surface area contributed by atoms with Crippen LogP contribution in [0.5, 0.6) is 0 Å². The zero-order chi connectivity index (χ0) is 100. The standard InChI is InChI=1S/C26H30ClN7O.C26H28F3N7O.C26H30FN7O.C26H31N7O/c1-4-24(35)29-19-7-6-8-20(15-19)30-25-18(3)17-28-26(32-25)31-23-10-9-21(16-22(23)27)34-13-11-33(5-2)12-14-34;1-4-23(37)31-18-6-5-7-19(14-18)32-24-17(2)16-30-25(34-24)33-22-9-8-20(15-21(22)26(27,28)29)36-12-10-35(3)11-13-36;1-4-24(35)29-19-7-6-8-20(15-19)30-25-18(3)17-28-26(32-25)31-23-10-9-21(16-22(23)27)34-13-11-33(5-2)12-14-34;1-4-24(34)28-21-7-6-8-22(17-21)29-25-19(3)18-27-26(31-25)30-20-9-11-23(12-10-20)33-15-13-32(5-2)14-16-33/h4,6-10,15-17H,1,5,11-14H2,2-3H3,(H,29,35)(H2,28,30,31,32);4-9,14-16H,1,10-13H2,2-3H3,(H,31,37)(H2,30,32,33,34);4,6-10,15-17H,1,5,11-14H2,2-3H3,(H,29,35)(H2,28,30,31,32);4,6-12,17-18H,1,5,13-16H2,2-3H3,(H,28,34)(H2,27,29,30,31). The summed E-state index contributed by atoms with van der Waals surface area (Å²) in [6.45, 7) is 46.2. The molecule has 8 aromatic carbocycles. The average molecular weight is 1940 g/mol. The van der Waals surface area contributed by atoms with E-state index in [2.05, 4.69) is 215 Å². The Labute approximate surface area is 824 Å². The molecule has 4 amide bonds. The van der Waals surface area contributed by atoms with Crippen LogP contribution >= 0.6 is 11.6 Å². The number of nitrogens with zero attached hydrogens (tertiary/aromatic N) is 16. The lowest BCUT2D eigenvalue weighted by molar-refractivity contribution is -0.137. The molecule has 12 aromatic rings. The third kappa shape index (κ3) is 29.9. The minimum absolute atomic E-state index is 0.0158. The van der Waals surface area contributed by atoms with Gasteiger partial charge in [-0.2, -0.15) is 33.1 Å². The maximum absolute atomic E-state index is 14.9. The molecule has 0 aliphatic carbocycles. The van der Waals surface area contributed by atoms with Crippen LogP contribution in [0.2, 0.25) is 5.02 Å². The van der Waals surface area contributed by atoms with Crippen molar-refractivity contribution >= 4 is 173 Å². The zero-order valence-electron chi connectivity index (χ0n) is 80.3. The van der Waals surface area contributed by atoms with Crippen molar-refractivity contribution in [2.75, 3.05) is 215 Å². The molecule has 8 heterocycles. The second kappa shape index (κ2) is 49.6. The summed E-state index contributed by atoms with van der Waals surface area (Å²) in [4.78, 5) is 100. The Bertz CT molecular complexity index is 6180. The maximum atomic E-state index is 14.9. The number of hydrogen-bond acceptors (Lipinski definition) is 28. The second-order valence-corrected chi connectivity index (χ2v) is 34.1. The van der Waals surface area contributed by atoms with Gasteiger partial charge in [0.15, 0.2) is 0 Å². The minimum Gasteiger partial charge on any atom is -0.369 e. The summed E-state index contributed by atoms with van der Waals surface area (Å²) in [5, 5.41) is 36.7. The van der Waals surface area contributed by atoms with Crippen molar-refractivity contribution in [3.8, 4) is 0 Å². The Hall–Kier alpha value is -15.6. The fourth-order valence-corrected chi connectivity index (χ4v) is 15.7. The van der Waals surface area contributed by atoms with Crippen molar-refractivity contribution in [1.82, 2.24) is 59.5 Å². The molecule has 0 saturated carbocycles. The summed E-state index contributed by atoms with van der Waals surface area (Å²) >= 11 is 6.61. The summed E-state index contributed by atoms with van der Waals surface area (Å²) in [6.07, 6.45) is 7.01. The fourth-order valence-electron chi connectivity index (χ4n) is 15.5. The number of carbonyl (C=O) groups is 4. The van der Waals surface area contributed by atoms with Gasteiger partial charge >= 0.3 is 6.18 Å². The number of hydrogen-bond donors (Lipinski definition) is 12. The predicted octanol–water partition coefficient (Wildman–Crippen LogP) is 19.6. The fraction of sp³-hybridized carbons (Fsp3) is 0.269. The van der Waals surface area contributed by atoms with E-state index in [1.165, 1.54) is 48.3 Å². The van der Waals surface area contributed by atoms with Gasteiger partial charge in [-0.25, -0.2) is 24.3 Å². The van der Waals surface area contributed by atoms with Crippen LogP contribution in [0.15, 0.2) is 251 Å². The van der Waals surface area contributed by atoms with Gasteiger partial charge in [0.1, 0.15) is 29.1 Å². The average Bonchev–Trinajstić information content (AvgIpc) is 0.793. The van der Waals surface area contributed by atoms with Gasteiger partial charge in [-0.1, -0.05) is 83.0 Å². The summed E-state index contributed by atoms with van der Waals surface area (Å²) in [6, 6.07) is 52.9. The Morgan fingerprint density at radius 2 is 0.624 bits per heavy atom. The van der Waals surface area contributed by atoms with E-state index < -0.39 is 11.7 Å². The van der Waals surface area contributed by atoms with Crippen molar-refractivity contribution < 1.29 is 36.7 Å². The third-order valence-electron chi connectivity index (χ3n) is 23.7. The number of anilines is 24. The van der Waals surface area contributed by atoms with Gasteiger partial charge in [0, 0.05) is 226 Å². The number of likely N-dealkylation sites (N-methyl/N-ethyl adjacent to an activating group) is 4. The van der Waals surface area contributed by atoms with Crippen molar-refractivity contribution in [3.05, 3.63) is 290 Å². The van der Waals surface area contributed by atoms with Crippen molar-refractivity contribution in [2.24, 2.45) is 0 Å². The number of amides is 4. The van der Waals surface area contributed by atoms with Crippen LogP contribution < -0.4 is 83.4 Å². The highest BCUT2D eigenvalue weighted by Gasteiger charge is 2.35.